The van der Waals surface area contributed by atoms with Crippen LogP contribution >= 0.6 is 0 Å². The number of para-hydroxylation sites is 1. The Morgan fingerprint density at radius 1 is 1.19 bits per heavy atom. The number of rotatable bonds is 5. The number of anilines is 1. The van der Waals surface area contributed by atoms with Crippen LogP contribution in [0.4, 0.5) is 5.69 Å². The van der Waals surface area contributed by atoms with Gasteiger partial charge in [-0.15, -0.1) is 0 Å². The molecule has 0 fully saturated rings. The van der Waals surface area contributed by atoms with Gasteiger partial charge in [-0.25, -0.2) is 8.42 Å². The molecule has 0 atom stereocenters. The lowest BCUT2D eigenvalue weighted by atomic mass is 10.1. The van der Waals surface area contributed by atoms with Crippen LogP contribution in [-0.4, -0.2) is 20.6 Å². The monoisotopic (exact) mass is 387 g/mol. The molecule has 7 nitrogen and oxygen atoms in total. The van der Waals surface area contributed by atoms with E-state index in [0.717, 1.165) is 12.5 Å². The van der Waals surface area contributed by atoms with Gasteiger partial charge in [0.2, 0.25) is 11.3 Å². The zero-order valence-electron chi connectivity index (χ0n) is 14.7. The van der Waals surface area contributed by atoms with Gasteiger partial charge in [0, 0.05) is 18.7 Å². The maximum atomic E-state index is 12.6. The Morgan fingerprint density at radius 2 is 1.89 bits per heavy atom. The Bertz CT molecular complexity index is 1170. The van der Waals surface area contributed by atoms with E-state index in [1.807, 2.05) is 6.07 Å². The second-order valence-electron chi connectivity index (χ2n) is 6.10. The van der Waals surface area contributed by atoms with Crippen LogP contribution in [0.15, 0.2) is 57.9 Å². The summed E-state index contributed by atoms with van der Waals surface area (Å²) in [6.07, 6.45) is 2.24. The summed E-state index contributed by atoms with van der Waals surface area (Å²) in [5.41, 5.74) is 0.115. The molecule has 8 heteroatoms. The highest BCUT2D eigenvalue weighted by Gasteiger charge is 2.17. The number of fused-ring (bicyclic) bond motifs is 1. The molecular weight excluding hydrogens is 370 g/mol. The Balaban J connectivity index is 2.18. The molecule has 3 aromatic rings. The fraction of sp³-hybridized carbons (Fsp3) is 0.158. The molecule has 0 spiro atoms. The van der Waals surface area contributed by atoms with Gasteiger partial charge in [0.05, 0.1) is 11.1 Å². The van der Waals surface area contributed by atoms with Crippen molar-refractivity contribution < 1.29 is 22.4 Å². The molecule has 2 aromatic carbocycles. The second-order valence-corrected chi connectivity index (χ2v) is 8.24. The van der Waals surface area contributed by atoms with E-state index in [9.17, 15) is 18.0 Å². The van der Waals surface area contributed by atoms with E-state index in [0.29, 0.717) is 11.3 Å². The highest BCUT2D eigenvalue weighted by molar-refractivity contribution is 7.89. The Morgan fingerprint density at radius 3 is 2.52 bits per heavy atom. The molecule has 3 rings (SSSR count). The number of carbonyl (C=O) groups is 1. The average Bonchev–Trinajstić information content (AvgIpc) is 2.58. The lowest BCUT2D eigenvalue weighted by molar-refractivity contribution is -0.114. The molecule has 1 N–H and O–H groups in total. The molecule has 140 valence electrons. The van der Waals surface area contributed by atoms with Crippen molar-refractivity contribution in [3.63, 3.8) is 0 Å². The summed E-state index contributed by atoms with van der Waals surface area (Å²) in [5.74, 6) is 0.0407. The smallest absolute Gasteiger partial charge is 0.221 e. The van der Waals surface area contributed by atoms with Crippen molar-refractivity contribution >= 4 is 32.4 Å². The quantitative estimate of drug-likeness (QED) is 0.722. The Kier molecular flexibility index (Phi) is 5.00. The maximum absolute atomic E-state index is 12.6. The molecule has 0 radical (unpaired) electrons. The first kappa shape index (κ1) is 18.7. The first-order valence-corrected chi connectivity index (χ1v) is 10.1. The summed E-state index contributed by atoms with van der Waals surface area (Å²) < 4.78 is 34.8. The minimum absolute atomic E-state index is 0.00322. The van der Waals surface area contributed by atoms with Gasteiger partial charge in [0.1, 0.15) is 29.0 Å². The third-order valence-electron chi connectivity index (χ3n) is 3.66. The third kappa shape index (κ3) is 4.53. The molecule has 1 aromatic heterocycles. The van der Waals surface area contributed by atoms with Crippen LogP contribution in [0.3, 0.4) is 0 Å². The van der Waals surface area contributed by atoms with Gasteiger partial charge in [0.25, 0.3) is 0 Å². The number of carbonyl (C=O) groups excluding carboxylic acids is 1. The molecule has 0 saturated carbocycles. The van der Waals surface area contributed by atoms with Crippen molar-refractivity contribution in [1.82, 2.24) is 0 Å². The van der Waals surface area contributed by atoms with Crippen molar-refractivity contribution in [2.45, 2.75) is 12.7 Å². The van der Waals surface area contributed by atoms with Crippen LogP contribution in [0.1, 0.15) is 12.5 Å². The average molecular weight is 387 g/mol. The number of nitrogens with one attached hydrogen (secondary N) is 1. The first-order valence-electron chi connectivity index (χ1n) is 7.99. The van der Waals surface area contributed by atoms with Crippen LogP contribution in [0.2, 0.25) is 0 Å². The summed E-state index contributed by atoms with van der Waals surface area (Å²) >= 11 is 0. The van der Waals surface area contributed by atoms with Crippen LogP contribution in [-0.2, 0) is 20.4 Å². The molecular formula is C19H17NO6S. The van der Waals surface area contributed by atoms with E-state index in [4.69, 9.17) is 9.15 Å². The van der Waals surface area contributed by atoms with Gasteiger partial charge in [-0.05, 0) is 24.3 Å². The molecule has 0 unspecified atom stereocenters. The standard InChI is InChI=1S/C19H17NO6S/c1-12(21)20-16-10-25-18-8-13(11-27(2,23)24)17(9-15(18)19(16)22)26-14-6-4-3-5-7-14/h3-10H,11H2,1-2H3,(H,20,21). The van der Waals surface area contributed by atoms with Crippen LogP contribution < -0.4 is 15.5 Å². The Hall–Kier alpha value is -3.13. The van der Waals surface area contributed by atoms with Gasteiger partial charge in [-0.2, -0.15) is 0 Å². The minimum atomic E-state index is -3.35. The van der Waals surface area contributed by atoms with E-state index in [1.54, 1.807) is 24.3 Å². The zero-order valence-corrected chi connectivity index (χ0v) is 15.5. The van der Waals surface area contributed by atoms with Gasteiger partial charge in [-0.1, -0.05) is 18.2 Å². The lowest BCUT2D eigenvalue weighted by Gasteiger charge is -2.12. The van der Waals surface area contributed by atoms with Crippen molar-refractivity contribution in [1.29, 1.82) is 0 Å². The third-order valence-corrected chi connectivity index (χ3v) is 4.49. The SMILES string of the molecule is CC(=O)Nc1coc2cc(CS(C)(=O)=O)c(Oc3ccccc3)cc2c1=O. The highest BCUT2D eigenvalue weighted by Crippen LogP contribution is 2.31. The number of sulfone groups is 1. The molecule has 27 heavy (non-hydrogen) atoms. The van der Waals surface area contributed by atoms with Crippen LogP contribution in [0.5, 0.6) is 11.5 Å². The van der Waals surface area contributed by atoms with E-state index in [1.165, 1.54) is 19.1 Å². The molecule has 0 aliphatic rings. The van der Waals surface area contributed by atoms with E-state index in [-0.39, 0.29) is 28.2 Å². The molecule has 1 heterocycles. The minimum Gasteiger partial charge on any atom is -0.462 e. The zero-order chi connectivity index (χ0) is 19.6. The van der Waals surface area contributed by atoms with Crippen LogP contribution in [0.25, 0.3) is 11.0 Å². The summed E-state index contributed by atoms with van der Waals surface area (Å²) in [4.78, 5) is 23.9. The maximum Gasteiger partial charge on any atom is 0.221 e. The predicted octanol–water partition coefficient (Wildman–Crippen LogP) is 3.09. The van der Waals surface area contributed by atoms with Crippen molar-refractivity contribution in [3.05, 3.63) is 64.5 Å². The molecule has 1 amide bonds. The van der Waals surface area contributed by atoms with Gasteiger partial charge in [-0.3, -0.25) is 9.59 Å². The number of benzene rings is 2. The Labute approximate surface area is 155 Å². The van der Waals surface area contributed by atoms with E-state index >= 15 is 0 Å². The van der Waals surface area contributed by atoms with Crippen molar-refractivity contribution in [2.75, 3.05) is 11.6 Å². The number of amides is 1. The summed E-state index contributed by atoms with van der Waals surface area (Å²) in [7, 11) is -3.35. The van der Waals surface area contributed by atoms with E-state index < -0.39 is 21.2 Å². The van der Waals surface area contributed by atoms with Crippen molar-refractivity contribution in [3.8, 4) is 11.5 Å². The largest absolute Gasteiger partial charge is 0.462 e. The molecule has 0 bridgehead atoms. The first-order chi connectivity index (χ1) is 12.7. The summed E-state index contributed by atoms with van der Waals surface area (Å²) in [6, 6.07) is 11.7. The molecule has 0 aliphatic heterocycles. The van der Waals surface area contributed by atoms with E-state index in [2.05, 4.69) is 5.32 Å². The summed E-state index contributed by atoms with van der Waals surface area (Å²) in [5, 5.41) is 2.58. The van der Waals surface area contributed by atoms with Gasteiger partial charge < -0.3 is 14.5 Å². The topological polar surface area (TPSA) is 103 Å². The predicted molar refractivity (Wildman–Crippen MR) is 102 cm³/mol. The number of hydrogen-bond donors (Lipinski definition) is 1. The fourth-order valence-electron chi connectivity index (χ4n) is 2.58. The normalized spacial score (nSPS) is 11.3. The lowest BCUT2D eigenvalue weighted by Crippen LogP contribution is -2.15. The second kappa shape index (κ2) is 7.24. The molecule has 0 saturated heterocycles. The number of hydrogen-bond acceptors (Lipinski definition) is 6. The van der Waals surface area contributed by atoms with Crippen molar-refractivity contribution in [2.24, 2.45) is 0 Å². The van der Waals surface area contributed by atoms with Gasteiger partial charge >= 0.3 is 0 Å². The molecule has 0 aliphatic carbocycles. The highest BCUT2D eigenvalue weighted by atomic mass is 32.2. The summed E-state index contributed by atoms with van der Waals surface area (Å²) in [6.45, 7) is 1.28. The van der Waals surface area contributed by atoms with Gasteiger partial charge in [0.15, 0.2) is 9.84 Å². The number of ether oxygens (including phenoxy) is 1. The fourth-order valence-corrected chi connectivity index (χ4v) is 3.37. The van der Waals surface area contributed by atoms with Crippen LogP contribution in [0, 0.1) is 0 Å².